The van der Waals surface area contributed by atoms with E-state index in [-0.39, 0.29) is 5.54 Å². The maximum Gasteiger partial charge on any atom is 0.117 e. The highest BCUT2D eigenvalue weighted by molar-refractivity contribution is 7.99. The van der Waals surface area contributed by atoms with Crippen molar-refractivity contribution >= 4 is 11.8 Å². The highest BCUT2D eigenvalue weighted by Gasteiger charge is 2.34. The molecule has 1 rings (SSSR count). The molecule has 0 radical (unpaired) electrons. The van der Waals surface area contributed by atoms with E-state index in [1.54, 1.807) is 0 Å². The summed E-state index contributed by atoms with van der Waals surface area (Å²) in [6.45, 7) is 0. The molecule has 0 amide bonds. The number of nitriles is 1. The predicted molar refractivity (Wildman–Crippen MR) is 48.6 cm³/mol. The van der Waals surface area contributed by atoms with Crippen LogP contribution in [0.4, 0.5) is 0 Å². The first-order valence-corrected chi connectivity index (χ1v) is 5.03. The molecule has 0 N–H and O–H groups in total. The average Bonchev–Trinajstić information content (AvgIpc) is 2.05. The van der Waals surface area contributed by atoms with E-state index in [0.29, 0.717) is 0 Å². The molecule has 3 heteroatoms. The Balaban J connectivity index is 2.67. The van der Waals surface area contributed by atoms with Crippen LogP contribution in [0.2, 0.25) is 0 Å². The first-order valence-electron chi connectivity index (χ1n) is 3.88. The SMILES string of the molecule is CN(C)C1(C#N)CCCSC1. The van der Waals surface area contributed by atoms with Crippen LogP contribution < -0.4 is 0 Å². The summed E-state index contributed by atoms with van der Waals surface area (Å²) in [4.78, 5) is 2.05. The molecular formula is C8H14N2S. The number of nitrogens with zero attached hydrogens (tertiary/aromatic N) is 2. The van der Waals surface area contributed by atoms with E-state index in [1.807, 2.05) is 25.9 Å². The van der Waals surface area contributed by atoms with Crippen molar-refractivity contribution in [1.82, 2.24) is 4.90 Å². The van der Waals surface area contributed by atoms with Crippen LogP contribution in [-0.2, 0) is 0 Å². The lowest BCUT2D eigenvalue weighted by Crippen LogP contribution is -2.47. The zero-order valence-electron chi connectivity index (χ0n) is 7.13. The third-order valence-electron chi connectivity index (χ3n) is 2.28. The fraction of sp³-hybridized carbons (Fsp3) is 0.875. The molecule has 1 fully saturated rings. The van der Waals surface area contributed by atoms with Gasteiger partial charge in [-0.05, 0) is 32.7 Å². The van der Waals surface area contributed by atoms with Crippen molar-refractivity contribution in [3.63, 3.8) is 0 Å². The summed E-state index contributed by atoms with van der Waals surface area (Å²) in [5.41, 5.74) is -0.178. The Hall–Kier alpha value is -0.200. The van der Waals surface area contributed by atoms with Gasteiger partial charge in [0.25, 0.3) is 0 Å². The van der Waals surface area contributed by atoms with Crippen LogP contribution in [0, 0.1) is 11.3 Å². The quantitative estimate of drug-likeness (QED) is 0.594. The van der Waals surface area contributed by atoms with Gasteiger partial charge in [-0.3, -0.25) is 4.90 Å². The first-order chi connectivity index (χ1) is 5.21. The molecule has 0 aliphatic carbocycles. The lowest BCUT2D eigenvalue weighted by molar-refractivity contribution is 0.224. The molecule has 1 heterocycles. The highest BCUT2D eigenvalue weighted by Crippen LogP contribution is 2.29. The minimum absolute atomic E-state index is 0.178. The van der Waals surface area contributed by atoms with Crippen LogP contribution >= 0.6 is 11.8 Å². The van der Waals surface area contributed by atoms with E-state index in [1.165, 1.54) is 12.2 Å². The molecule has 0 spiro atoms. The smallest absolute Gasteiger partial charge is 0.117 e. The van der Waals surface area contributed by atoms with Gasteiger partial charge in [0.05, 0.1) is 6.07 Å². The molecule has 0 bridgehead atoms. The Labute approximate surface area is 72.6 Å². The molecule has 1 aliphatic rings. The summed E-state index contributed by atoms with van der Waals surface area (Å²) in [7, 11) is 3.99. The summed E-state index contributed by atoms with van der Waals surface area (Å²) >= 11 is 1.89. The molecule has 1 saturated heterocycles. The molecule has 0 aromatic carbocycles. The van der Waals surface area contributed by atoms with Crippen molar-refractivity contribution in [3.8, 4) is 6.07 Å². The van der Waals surface area contributed by atoms with Crippen LogP contribution in [0.3, 0.4) is 0 Å². The first kappa shape index (κ1) is 8.89. The lowest BCUT2D eigenvalue weighted by atomic mass is 9.96. The van der Waals surface area contributed by atoms with Crippen molar-refractivity contribution in [3.05, 3.63) is 0 Å². The van der Waals surface area contributed by atoms with E-state index in [4.69, 9.17) is 5.26 Å². The van der Waals surface area contributed by atoms with Gasteiger partial charge in [-0.2, -0.15) is 17.0 Å². The molecule has 0 saturated carbocycles. The molecule has 1 atom stereocenters. The van der Waals surface area contributed by atoms with Gasteiger partial charge in [0.1, 0.15) is 5.54 Å². The molecule has 62 valence electrons. The van der Waals surface area contributed by atoms with Gasteiger partial charge in [-0.1, -0.05) is 0 Å². The maximum atomic E-state index is 9.01. The second-order valence-corrected chi connectivity index (χ2v) is 4.30. The van der Waals surface area contributed by atoms with Crippen LogP contribution in [0.15, 0.2) is 0 Å². The lowest BCUT2D eigenvalue weighted by Gasteiger charge is -2.36. The minimum atomic E-state index is -0.178. The maximum absolute atomic E-state index is 9.01. The van der Waals surface area contributed by atoms with Crippen LogP contribution in [-0.4, -0.2) is 36.0 Å². The fourth-order valence-electron chi connectivity index (χ4n) is 1.32. The topological polar surface area (TPSA) is 27.0 Å². The Bertz CT molecular complexity index is 165. The van der Waals surface area contributed by atoms with E-state index >= 15 is 0 Å². The zero-order chi connectivity index (χ0) is 8.32. The molecule has 2 nitrogen and oxygen atoms in total. The third kappa shape index (κ3) is 1.69. The Morgan fingerprint density at radius 1 is 1.55 bits per heavy atom. The Kier molecular flexibility index (Phi) is 2.80. The van der Waals surface area contributed by atoms with Crippen molar-refractivity contribution in [2.75, 3.05) is 25.6 Å². The van der Waals surface area contributed by atoms with E-state index in [0.717, 1.165) is 12.2 Å². The number of thioether (sulfide) groups is 1. The van der Waals surface area contributed by atoms with Gasteiger partial charge < -0.3 is 0 Å². The Morgan fingerprint density at radius 2 is 2.27 bits per heavy atom. The molecule has 1 aliphatic heterocycles. The van der Waals surface area contributed by atoms with E-state index in [9.17, 15) is 0 Å². The second-order valence-electron chi connectivity index (χ2n) is 3.19. The largest absolute Gasteiger partial charge is 0.291 e. The van der Waals surface area contributed by atoms with Gasteiger partial charge >= 0.3 is 0 Å². The molecule has 1 unspecified atom stereocenters. The summed E-state index contributed by atoms with van der Waals surface area (Å²) in [5.74, 6) is 2.19. The van der Waals surface area contributed by atoms with Crippen molar-refractivity contribution < 1.29 is 0 Å². The fourth-order valence-corrected chi connectivity index (χ4v) is 2.62. The number of hydrogen-bond donors (Lipinski definition) is 0. The highest BCUT2D eigenvalue weighted by atomic mass is 32.2. The summed E-state index contributed by atoms with van der Waals surface area (Å²) in [5, 5.41) is 9.01. The average molecular weight is 170 g/mol. The second kappa shape index (κ2) is 3.46. The molecule has 11 heavy (non-hydrogen) atoms. The monoisotopic (exact) mass is 170 g/mol. The van der Waals surface area contributed by atoms with Crippen LogP contribution in [0.5, 0.6) is 0 Å². The van der Waals surface area contributed by atoms with Gasteiger partial charge in [-0.15, -0.1) is 0 Å². The molecular weight excluding hydrogens is 156 g/mol. The van der Waals surface area contributed by atoms with Crippen molar-refractivity contribution in [1.29, 1.82) is 5.26 Å². The summed E-state index contributed by atoms with van der Waals surface area (Å²) in [6, 6.07) is 2.42. The zero-order valence-corrected chi connectivity index (χ0v) is 7.95. The normalized spacial score (nSPS) is 31.8. The van der Waals surface area contributed by atoms with Gasteiger partial charge in [0, 0.05) is 5.75 Å². The molecule has 0 aromatic heterocycles. The van der Waals surface area contributed by atoms with Crippen LogP contribution in [0.25, 0.3) is 0 Å². The van der Waals surface area contributed by atoms with Gasteiger partial charge in [0.15, 0.2) is 0 Å². The van der Waals surface area contributed by atoms with Crippen molar-refractivity contribution in [2.45, 2.75) is 18.4 Å². The summed E-state index contributed by atoms with van der Waals surface area (Å²) < 4.78 is 0. The molecule has 0 aromatic rings. The van der Waals surface area contributed by atoms with Crippen molar-refractivity contribution in [2.24, 2.45) is 0 Å². The van der Waals surface area contributed by atoms with Crippen LogP contribution in [0.1, 0.15) is 12.8 Å². The summed E-state index contributed by atoms with van der Waals surface area (Å²) in [6.07, 6.45) is 2.21. The number of hydrogen-bond acceptors (Lipinski definition) is 3. The predicted octanol–water partition coefficient (Wildman–Crippen LogP) is 1.34. The third-order valence-corrected chi connectivity index (χ3v) is 3.54. The standard InChI is InChI=1S/C8H14N2S/c1-10(2)8(6-9)4-3-5-11-7-8/h3-5,7H2,1-2H3. The minimum Gasteiger partial charge on any atom is -0.291 e. The Morgan fingerprint density at radius 3 is 2.55 bits per heavy atom. The van der Waals surface area contributed by atoms with Gasteiger partial charge in [0.2, 0.25) is 0 Å². The van der Waals surface area contributed by atoms with E-state index < -0.39 is 0 Å². The van der Waals surface area contributed by atoms with Gasteiger partial charge in [-0.25, -0.2) is 0 Å². The van der Waals surface area contributed by atoms with E-state index in [2.05, 4.69) is 11.0 Å². The number of rotatable bonds is 1.